The fourth-order valence-electron chi connectivity index (χ4n) is 7.55. The first-order valence-corrected chi connectivity index (χ1v) is 19.0. The van der Waals surface area contributed by atoms with Gasteiger partial charge in [0.1, 0.15) is 0 Å². The van der Waals surface area contributed by atoms with Crippen LogP contribution in [0.25, 0.3) is 43.8 Å². The van der Waals surface area contributed by atoms with Crippen molar-refractivity contribution in [3.63, 3.8) is 0 Å². The molecule has 3 heteroatoms. The van der Waals surface area contributed by atoms with Crippen LogP contribution in [0.2, 0.25) is 0 Å². The number of halogens is 2. The van der Waals surface area contributed by atoms with Crippen LogP contribution in [0.4, 0.5) is 0 Å². The summed E-state index contributed by atoms with van der Waals surface area (Å²) in [4.78, 5) is 0. The molecule has 7 aromatic carbocycles. The molecule has 0 fully saturated rings. The Morgan fingerprint density at radius 1 is 0.500 bits per heavy atom. The van der Waals surface area contributed by atoms with E-state index in [1.165, 1.54) is 103 Å². The van der Waals surface area contributed by atoms with Crippen molar-refractivity contribution in [1.29, 1.82) is 0 Å². The van der Waals surface area contributed by atoms with Gasteiger partial charge in [0.15, 0.2) is 0 Å². The predicted octanol–water partition coefficient (Wildman–Crippen LogP) is 7.63. The van der Waals surface area contributed by atoms with E-state index in [0.29, 0.717) is 0 Å². The van der Waals surface area contributed by atoms with E-state index in [-0.39, 0.29) is 24.8 Å². The topological polar surface area (TPSA) is 0 Å². The van der Waals surface area contributed by atoms with Crippen molar-refractivity contribution in [3.05, 3.63) is 195 Å². The molecule has 0 saturated heterocycles. The average Bonchev–Trinajstić information content (AvgIpc) is 3.80. The molecule has 8 rings (SSSR count). The molecule has 0 atom stereocenters. The molecule has 0 radical (unpaired) electrons. The van der Waals surface area contributed by atoms with E-state index in [1.807, 2.05) is 12.2 Å². The average molecular weight is 780 g/mol. The zero-order valence-electron chi connectivity index (χ0n) is 32.7. The number of benzene rings is 6. The van der Waals surface area contributed by atoms with E-state index in [4.69, 9.17) is 0 Å². The Labute approximate surface area is 347 Å². The van der Waals surface area contributed by atoms with Gasteiger partial charge in [0.25, 0.3) is 0 Å². The van der Waals surface area contributed by atoms with Crippen LogP contribution in [-0.2, 0) is 20.0 Å². The van der Waals surface area contributed by atoms with Crippen LogP contribution in [0.1, 0.15) is 62.1 Å². The maximum absolute atomic E-state index is 2.99. The Bertz CT molecular complexity index is 2240. The first-order chi connectivity index (χ1) is 25.0. The zero-order valence-corrected chi connectivity index (χ0v) is 35.7. The molecule has 7 aromatic rings. The number of hydrogen-bond acceptors (Lipinski definition) is 0. The number of hydrogen-bond donors (Lipinski definition) is 0. The number of fused-ring (bicyclic) bond motifs is 3. The Morgan fingerprint density at radius 3 is 1.20 bits per heavy atom. The summed E-state index contributed by atoms with van der Waals surface area (Å²) in [6.45, 7) is 17.5. The van der Waals surface area contributed by atoms with Gasteiger partial charge in [-0.3, -0.25) is 6.08 Å². The van der Waals surface area contributed by atoms with Crippen molar-refractivity contribution in [3.8, 4) is 22.3 Å². The second-order valence-corrected chi connectivity index (χ2v) is 15.2. The Morgan fingerprint density at radius 2 is 0.889 bits per heavy atom. The molecule has 0 nitrogen and oxygen atoms in total. The van der Waals surface area contributed by atoms with Gasteiger partial charge in [-0.25, -0.2) is 12.2 Å². The SMILES string of the molecule is Cc1cc(C)c(-c2ccc3c(c2)[cH-]c2cc(-c4c(C)cc(C)cc4C)ccc23)c(C)c1.Cc1ccc([C](=[Ti+2])c2ccc(C)cc2)cc1.[C-]1=CC=CC1.[Cl-].[Cl-]. The molecule has 0 amide bonds. The summed E-state index contributed by atoms with van der Waals surface area (Å²) in [7, 11) is 0. The van der Waals surface area contributed by atoms with Gasteiger partial charge >= 0.3 is 108 Å². The van der Waals surface area contributed by atoms with Gasteiger partial charge in [-0.2, -0.15) is 6.08 Å². The van der Waals surface area contributed by atoms with E-state index >= 15 is 0 Å². The third-order valence-corrected chi connectivity index (χ3v) is 10.8. The minimum absolute atomic E-state index is 0. The van der Waals surface area contributed by atoms with Gasteiger partial charge in [0, 0.05) is 0 Å². The quantitative estimate of drug-likeness (QED) is 0.128. The molecule has 54 heavy (non-hydrogen) atoms. The first kappa shape index (κ1) is 42.6. The molecule has 272 valence electrons. The van der Waals surface area contributed by atoms with Gasteiger partial charge in [0.05, 0.1) is 0 Å². The Balaban J connectivity index is 0.000000236. The standard InChI is InChI=1S/C31H29.C15H14.C5H5.2ClH.Ti/c1-18-11-20(3)30(21(4)12-18)24-7-9-28-26(15-24)17-27-16-25(8-10-29(27)28)31-22(5)13-19(2)14-23(31)6;1-12-3-7-14(8-4-12)11-15-9-5-13(2)6-10-15;1-2-4-5-3-1;;;/h7-17H,1-6H3;3-10H,1-2H3;1-3H,4H2;2*1H;/q-1;;-1;;;+2/p-2. The van der Waals surface area contributed by atoms with Crippen LogP contribution in [0.5, 0.6) is 0 Å². The summed E-state index contributed by atoms with van der Waals surface area (Å²) < 4.78 is 1.33. The summed E-state index contributed by atoms with van der Waals surface area (Å²) >= 11 is 2.18. The van der Waals surface area contributed by atoms with Crippen LogP contribution >= 0.6 is 0 Å². The van der Waals surface area contributed by atoms with Gasteiger partial charge in [-0.05, 0) is 74.9 Å². The molecule has 0 N–H and O–H groups in total. The molecule has 0 spiro atoms. The smallest absolute Gasteiger partial charge is 0.109 e. The third-order valence-electron chi connectivity index (χ3n) is 9.90. The van der Waals surface area contributed by atoms with Gasteiger partial charge in [0.2, 0.25) is 0 Å². The summed E-state index contributed by atoms with van der Waals surface area (Å²) in [5.41, 5.74) is 18.6. The second-order valence-electron chi connectivity index (χ2n) is 14.4. The van der Waals surface area contributed by atoms with Crippen LogP contribution in [0.15, 0.2) is 133 Å². The largest absolute Gasteiger partial charge is 1.00 e. The molecule has 0 aromatic heterocycles. The summed E-state index contributed by atoms with van der Waals surface area (Å²) in [5, 5.41) is 5.32. The molecule has 0 heterocycles. The normalized spacial score (nSPS) is 11.3. The second kappa shape index (κ2) is 18.9. The molecule has 0 bridgehead atoms. The maximum Gasteiger partial charge on any atom is -0.109 e. The van der Waals surface area contributed by atoms with Crippen LogP contribution in [0, 0.1) is 61.5 Å². The predicted molar refractivity (Wildman–Crippen MR) is 223 cm³/mol. The number of rotatable bonds is 4. The van der Waals surface area contributed by atoms with Crippen LogP contribution in [0.3, 0.4) is 0 Å². The molecule has 0 unspecified atom stereocenters. The van der Waals surface area contributed by atoms with Crippen molar-refractivity contribution in [2.45, 2.75) is 61.8 Å². The third kappa shape index (κ3) is 9.92. The molecule has 0 aliphatic heterocycles. The molecular formula is C51H48Cl2Ti-2. The summed E-state index contributed by atoms with van der Waals surface area (Å²) in [5.74, 6) is 0. The minimum Gasteiger partial charge on any atom is -1.00 e. The van der Waals surface area contributed by atoms with E-state index in [2.05, 4.69) is 203 Å². The molecule has 1 aliphatic carbocycles. The van der Waals surface area contributed by atoms with E-state index < -0.39 is 0 Å². The molecular weight excluding hydrogens is 731 g/mol. The monoisotopic (exact) mass is 778 g/mol. The van der Waals surface area contributed by atoms with Crippen molar-refractivity contribution in [2.24, 2.45) is 0 Å². The van der Waals surface area contributed by atoms with Gasteiger partial charge < -0.3 is 24.8 Å². The van der Waals surface area contributed by atoms with Crippen molar-refractivity contribution < 1.29 is 44.8 Å². The van der Waals surface area contributed by atoms with E-state index in [1.54, 1.807) is 0 Å². The van der Waals surface area contributed by atoms with E-state index in [0.717, 1.165) is 6.42 Å². The van der Waals surface area contributed by atoms with E-state index in [9.17, 15) is 0 Å². The van der Waals surface area contributed by atoms with Crippen LogP contribution < -0.4 is 24.8 Å². The summed E-state index contributed by atoms with van der Waals surface area (Å²) in [6, 6.07) is 42.8. The fourth-order valence-corrected chi connectivity index (χ4v) is 8.07. The van der Waals surface area contributed by atoms with Gasteiger partial charge in [-0.15, -0.1) is 46.2 Å². The fraction of sp³-hybridized carbons (Fsp3) is 0.176. The minimum atomic E-state index is 0. The molecule has 1 aliphatic rings. The van der Waals surface area contributed by atoms with Crippen molar-refractivity contribution in [2.75, 3.05) is 0 Å². The number of aryl methyl sites for hydroxylation is 8. The van der Waals surface area contributed by atoms with Crippen molar-refractivity contribution in [1.82, 2.24) is 0 Å². The first-order valence-electron chi connectivity index (χ1n) is 18.2. The van der Waals surface area contributed by atoms with Gasteiger partial charge in [-0.1, -0.05) is 70.8 Å². The molecule has 0 saturated carbocycles. The van der Waals surface area contributed by atoms with Crippen LogP contribution in [-0.4, -0.2) is 3.81 Å². The Hall–Kier alpha value is -4.17. The number of allylic oxidation sites excluding steroid dienone is 4. The Kier molecular flexibility index (Phi) is 14.9. The zero-order chi connectivity index (χ0) is 36.9. The summed E-state index contributed by atoms with van der Waals surface area (Å²) in [6.07, 6.45) is 10.0. The maximum atomic E-state index is 2.99. The van der Waals surface area contributed by atoms with Crippen molar-refractivity contribution >= 4 is 25.4 Å².